The summed E-state index contributed by atoms with van der Waals surface area (Å²) in [6.07, 6.45) is 3.98. The smallest absolute Gasteiger partial charge is 0.244 e. The molecule has 1 fully saturated rings. The summed E-state index contributed by atoms with van der Waals surface area (Å²) < 4.78 is 34.1. The molecular weight excluding hydrogens is 470 g/mol. The minimum absolute atomic E-state index is 0.210. The summed E-state index contributed by atoms with van der Waals surface area (Å²) in [5.74, 6) is 0.669. The van der Waals surface area contributed by atoms with Crippen molar-refractivity contribution in [2.45, 2.75) is 40.9 Å². The van der Waals surface area contributed by atoms with Gasteiger partial charge in [-0.1, -0.05) is 23.7 Å². The highest BCUT2D eigenvalue weighted by Crippen LogP contribution is 2.32. The Bertz CT molecular complexity index is 1160. The van der Waals surface area contributed by atoms with Crippen LogP contribution in [0.15, 0.2) is 57.7 Å². The maximum Gasteiger partial charge on any atom is 0.244 e. The second kappa shape index (κ2) is 10.3. The quantitative estimate of drug-likeness (QED) is 0.416. The van der Waals surface area contributed by atoms with Gasteiger partial charge in [-0.3, -0.25) is 0 Å². The highest BCUT2D eigenvalue weighted by atomic mass is 35.5. The molecule has 4 rings (SSSR count). The molecular formula is C21H24ClN5O3S2. The van der Waals surface area contributed by atoms with Crippen molar-refractivity contribution in [1.29, 1.82) is 0 Å². The van der Waals surface area contributed by atoms with E-state index in [1.54, 1.807) is 19.2 Å². The van der Waals surface area contributed by atoms with Gasteiger partial charge in [0.15, 0.2) is 11.0 Å². The molecule has 0 atom stereocenters. The average molecular weight is 494 g/mol. The van der Waals surface area contributed by atoms with Crippen LogP contribution in [0.3, 0.4) is 0 Å². The van der Waals surface area contributed by atoms with Crippen molar-refractivity contribution >= 4 is 33.4 Å². The molecule has 0 radical (unpaired) electrons. The van der Waals surface area contributed by atoms with Gasteiger partial charge in [-0.15, -0.1) is 10.2 Å². The zero-order chi connectivity index (χ0) is 22.6. The maximum atomic E-state index is 12.7. The molecule has 0 aliphatic carbocycles. The number of ether oxygens (including phenoxy) is 1. The third kappa shape index (κ3) is 4.99. The summed E-state index contributed by atoms with van der Waals surface area (Å²) in [5.41, 5.74) is 0.797. The van der Waals surface area contributed by atoms with Crippen LogP contribution in [0, 0.1) is 0 Å². The van der Waals surface area contributed by atoms with Crippen LogP contribution in [0.5, 0.6) is 0 Å². The van der Waals surface area contributed by atoms with Gasteiger partial charge in [-0.05, 0) is 55.3 Å². The van der Waals surface area contributed by atoms with Crippen LogP contribution >= 0.6 is 23.4 Å². The molecule has 1 aromatic carbocycles. The van der Waals surface area contributed by atoms with Crippen molar-refractivity contribution in [3.05, 3.63) is 47.6 Å². The Kier molecular flexibility index (Phi) is 7.47. The van der Waals surface area contributed by atoms with Crippen molar-refractivity contribution in [3.63, 3.8) is 0 Å². The zero-order valence-electron chi connectivity index (χ0n) is 17.6. The summed E-state index contributed by atoms with van der Waals surface area (Å²) >= 11 is 7.72. The van der Waals surface area contributed by atoms with Gasteiger partial charge in [-0.25, -0.2) is 13.4 Å². The number of sulfonamides is 1. The molecule has 1 saturated heterocycles. The van der Waals surface area contributed by atoms with Crippen molar-refractivity contribution in [2.75, 3.05) is 26.8 Å². The van der Waals surface area contributed by atoms with Gasteiger partial charge in [0.1, 0.15) is 9.92 Å². The van der Waals surface area contributed by atoms with Gasteiger partial charge in [0.2, 0.25) is 10.0 Å². The normalized spacial score (nSPS) is 14.8. The van der Waals surface area contributed by atoms with E-state index < -0.39 is 10.0 Å². The largest absolute Gasteiger partial charge is 0.385 e. The standard InChI is InChI=1S/C21H24ClN5O3S2/c1-30-14-6-13-27-20(17-7-2-3-8-18(17)22)24-25-21(27)31-19-10-9-16(15-23-19)32(28,29)26-11-4-5-12-26/h2-3,7-10,15H,4-6,11-14H2,1H3. The summed E-state index contributed by atoms with van der Waals surface area (Å²) in [6, 6.07) is 10.8. The lowest BCUT2D eigenvalue weighted by Gasteiger charge is -2.15. The number of hydrogen-bond donors (Lipinski definition) is 0. The van der Waals surface area contributed by atoms with Crippen molar-refractivity contribution in [3.8, 4) is 11.4 Å². The minimum atomic E-state index is -3.49. The molecule has 1 aliphatic rings. The van der Waals surface area contributed by atoms with Gasteiger partial charge >= 0.3 is 0 Å². The Morgan fingerprint density at radius 3 is 2.59 bits per heavy atom. The summed E-state index contributed by atoms with van der Waals surface area (Å²) in [5, 5.41) is 10.6. The molecule has 170 valence electrons. The second-order valence-corrected chi connectivity index (χ2v) is 10.7. The van der Waals surface area contributed by atoms with Gasteiger partial charge in [0, 0.05) is 45.1 Å². The van der Waals surface area contributed by atoms with Crippen molar-refractivity contribution < 1.29 is 13.2 Å². The van der Waals surface area contributed by atoms with E-state index in [1.807, 2.05) is 28.8 Å². The van der Waals surface area contributed by atoms with E-state index in [2.05, 4.69) is 15.2 Å². The number of pyridine rings is 1. The Morgan fingerprint density at radius 2 is 1.91 bits per heavy atom. The van der Waals surface area contributed by atoms with Crippen LogP contribution in [0.4, 0.5) is 0 Å². The van der Waals surface area contributed by atoms with E-state index in [-0.39, 0.29) is 4.90 Å². The molecule has 11 heteroatoms. The van der Waals surface area contributed by atoms with E-state index in [1.165, 1.54) is 22.3 Å². The monoisotopic (exact) mass is 493 g/mol. The highest BCUT2D eigenvalue weighted by molar-refractivity contribution is 7.99. The van der Waals surface area contributed by atoms with Crippen LogP contribution < -0.4 is 0 Å². The molecule has 0 N–H and O–H groups in total. The molecule has 2 aromatic heterocycles. The molecule has 8 nitrogen and oxygen atoms in total. The second-order valence-electron chi connectivity index (χ2n) is 7.33. The Hall–Kier alpha value is -1.98. The van der Waals surface area contributed by atoms with Crippen LogP contribution in [-0.4, -0.2) is 59.3 Å². The summed E-state index contributed by atoms with van der Waals surface area (Å²) in [6.45, 7) is 2.37. The van der Waals surface area contributed by atoms with E-state index in [4.69, 9.17) is 16.3 Å². The van der Waals surface area contributed by atoms with E-state index >= 15 is 0 Å². The molecule has 0 unspecified atom stereocenters. The van der Waals surface area contributed by atoms with Crippen LogP contribution in [0.25, 0.3) is 11.4 Å². The number of nitrogens with zero attached hydrogens (tertiary/aromatic N) is 5. The van der Waals surface area contributed by atoms with Crippen LogP contribution in [0.2, 0.25) is 5.02 Å². The predicted molar refractivity (Wildman–Crippen MR) is 123 cm³/mol. The molecule has 32 heavy (non-hydrogen) atoms. The van der Waals surface area contributed by atoms with E-state index in [0.29, 0.717) is 47.3 Å². The lowest BCUT2D eigenvalue weighted by atomic mass is 10.2. The van der Waals surface area contributed by atoms with Crippen LogP contribution in [-0.2, 0) is 21.3 Å². The topological polar surface area (TPSA) is 90.2 Å². The van der Waals surface area contributed by atoms with E-state index in [0.717, 1.165) is 24.8 Å². The summed E-state index contributed by atoms with van der Waals surface area (Å²) in [4.78, 5) is 4.58. The molecule has 0 amide bonds. The third-order valence-corrected chi connectivity index (χ3v) is 8.32. The molecule has 1 aliphatic heterocycles. The number of hydrogen-bond acceptors (Lipinski definition) is 7. The van der Waals surface area contributed by atoms with Gasteiger partial charge in [0.05, 0.1) is 5.02 Å². The first-order chi connectivity index (χ1) is 15.5. The number of methoxy groups -OCH3 is 1. The van der Waals surface area contributed by atoms with Crippen molar-refractivity contribution in [2.24, 2.45) is 0 Å². The molecule has 0 spiro atoms. The van der Waals surface area contributed by atoms with Gasteiger partial charge < -0.3 is 9.30 Å². The molecule has 0 bridgehead atoms. The van der Waals surface area contributed by atoms with Gasteiger partial charge in [-0.2, -0.15) is 4.31 Å². The first-order valence-electron chi connectivity index (χ1n) is 10.3. The number of halogens is 1. The average Bonchev–Trinajstić information content (AvgIpc) is 3.46. The SMILES string of the molecule is COCCCn1c(Sc2ccc(S(=O)(=O)N3CCCC3)cn2)nnc1-c1ccccc1Cl. The predicted octanol–water partition coefficient (Wildman–Crippen LogP) is 3.97. The number of aromatic nitrogens is 4. The minimum Gasteiger partial charge on any atom is -0.385 e. The molecule has 3 heterocycles. The lowest BCUT2D eigenvalue weighted by molar-refractivity contribution is 0.189. The lowest BCUT2D eigenvalue weighted by Crippen LogP contribution is -2.27. The zero-order valence-corrected chi connectivity index (χ0v) is 20.0. The summed E-state index contributed by atoms with van der Waals surface area (Å²) in [7, 11) is -1.82. The fourth-order valence-corrected chi connectivity index (χ4v) is 6.01. The third-order valence-electron chi connectivity index (χ3n) is 5.17. The molecule has 0 saturated carbocycles. The molecule has 3 aromatic rings. The van der Waals surface area contributed by atoms with E-state index in [9.17, 15) is 8.42 Å². The number of benzene rings is 1. The van der Waals surface area contributed by atoms with Crippen molar-refractivity contribution in [1.82, 2.24) is 24.1 Å². The Morgan fingerprint density at radius 1 is 1.12 bits per heavy atom. The number of rotatable bonds is 9. The Balaban J connectivity index is 1.59. The highest BCUT2D eigenvalue weighted by Gasteiger charge is 2.27. The van der Waals surface area contributed by atoms with Crippen LogP contribution in [0.1, 0.15) is 19.3 Å². The first-order valence-corrected chi connectivity index (χ1v) is 13.0. The Labute approximate surface area is 197 Å². The van der Waals surface area contributed by atoms with Gasteiger partial charge in [0.25, 0.3) is 0 Å². The fourth-order valence-electron chi connectivity index (χ4n) is 3.53. The fraction of sp³-hybridized carbons (Fsp3) is 0.381. The maximum absolute atomic E-state index is 12.7. The first kappa shape index (κ1) is 23.2.